The van der Waals surface area contributed by atoms with Gasteiger partial charge in [-0.3, -0.25) is 4.79 Å². The largest absolute Gasteiger partial charge is 0.464 e. The zero-order valence-electron chi connectivity index (χ0n) is 14.8. The number of hydrogen-bond donors (Lipinski definition) is 2. The van der Waals surface area contributed by atoms with Crippen LogP contribution < -0.4 is 5.32 Å². The summed E-state index contributed by atoms with van der Waals surface area (Å²) in [6.45, 7) is 1.16. The number of rotatable bonds is 6. The average Bonchev–Trinajstić information content (AvgIpc) is 2.67. The summed E-state index contributed by atoms with van der Waals surface area (Å²) < 4.78 is 0. The average molecular weight is 363 g/mol. The zero-order valence-corrected chi connectivity index (χ0v) is 14.8. The zero-order chi connectivity index (χ0) is 18.8. The van der Waals surface area contributed by atoms with E-state index in [0.717, 1.165) is 22.7 Å². The Morgan fingerprint density at radius 3 is 2.30 bits per heavy atom. The summed E-state index contributed by atoms with van der Waals surface area (Å²) in [6.07, 6.45) is 0.103. The molecule has 3 aliphatic rings. The van der Waals surface area contributed by atoms with Gasteiger partial charge < -0.3 is 15.3 Å². The molecule has 6 nitrogen and oxygen atoms in total. The van der Waals surface area contributed by atoms with Crippen LogP contribution in [0.5, 0.6) is 0 Å². The molecule has 5 rings (SSSR count). The third kappa shape index (κ3) is 3.26. The van der Waals surface area contributed by atoms with E-state index in [2.05, 4.69) is 17.4 Å². The van der Waals surface area contributed by atoms with Crippen LogP contribution in [0.4, 0.5) is 4.79 Å². The van der Waals surface area contributed by atoms with Crippen LogP contribution >= 0.6 is 0 Å². The predicted molar refractivity (Wildman–Crippen MR) is 101 cm³/mol. The van der Waals surface area contributed by atoms with Gasteiger partial charge in [-0.15, -0.1) is 0 Å². The number of hydrogen-bond acceptors (Lipinski definition) is 4. The van der Waals surface area contributed by atoms with Gasteiger partial charge in [-0.2, -0.15) is 0 Å². The van der Waals surface area contributed by atoms with Crippen molar-refractivity contribution in [1.82, 2.24) is 15.1 Å². The van der Waals surface area contributed by atoms with Crippen molar-refractivity contribution in [2.75, 3.05) is 13.1 Å². The molecule has 0 aliphatic carbocycles. The van der Waals surface area contributed by atoms with E-state index in [0.29, 0.717) is 25.2 Å². The number of benzene rings is 2. The van der Waals surface area contributed by atoms with Crippen molar-refractivity contribution in [2.24, 2.45) is 0 Å². The molecule has 138 valence electrons. The van der Waals surface area contributed by atoms with E-state index < -0.39 is 12.1 Å². The molecular weight excluding hydrogens is 342 g/mol. The maximum absolute atomic E-state index is 12.7. The number of amides is 2. The van der Waals surface area contributed by atoms with Crippen molar-refractivity contribution in [2.45, 2.75) is 18.9 Å². The molecule has 1 atom stereocenters. The van der Waals surface area contributed by atoms with E-state index in [-0.39, 0.29) is 5.91 Å². The molecule has 2 N–H and O–H groups in total. The van der Waals surface area contributed by atoms with Gasteiger partial charge in [-0.25, -0.2) is 9.69 Å². The van der Waals surface area contributed by atoms with Gasteiger partial charge in [0.2, 0.25) is 0 Å². The fraction of sp³-hybridized carbons (Fsp3) is 0.238. The second-order valence-electron chi connectivity index (χ2n) is 6.75. The van der Waals surface area contributed by atoms with Gasteiger partial charge in [0.05, 0.1) is 12.2 Å². The minimum atomic E-state index is -1.21. The summed E-state index contributed by atoms with van der Waals surface area (Å²) in [6, 6.07) is 19.3. The summed E-state index contributed by atoms with van der Waals surface area (Å²) in [5.41, 5.74) is 2.77. The fourth-order valence-electron chi connectivity index (χ4n) is 3.67. The molecule has 1 unspecified atom stereocenters. The van der Waals surface area contributed by atoms with Crippen molar-refractivity contribution in [1.29, 1.82) is 0 Å². The number of carbonyl (C=O) groups excluding carboxylic acids is 1. The maximum atomic E-state index is 12.7. The fourth-order valence-corrected chi connectivity index (χ4v) is 3.67. The Balaban J connectivity index is 1.50. The van der Waals surface area contributed by atoms with Gasteiger partial charge in [0.15, 0.2) is 0 Å². The van der Waals surface area contributed by atoms with Crippen molar-refractivity contribution < 1.29 is 14.7 Å². The lowest BCUT2D eigenvalue weighted by atomic mass is 9.96. The van der Waals surface area contributed by atoms with Gasteiger partial charge in [-0.1, -0.05) is 60.7 Å². The van der Waals surface area contributed by atoms with Gasteiger partial charge in [0.25, 0.3) is 5.91 Å². The number of nitrogens with one attached hydrogen (secondary N) is 1. The van der Waals surface area contributed by atoms with E-state index in [4.69, 9.17) is 0 Å². The molecule has 27 heavy (non-hydrogen) atoms. The highest BCUT2D eigenvalue weighted by Crippen LogP contribution is 2.35. The number of piperazine rings is 1. The quantitative estimate of drug-likeness (QED) is 0.825. The van der Waals surface area contributed by atoms with E-state index in [9.17, 15) is 14.7 Å². The molecule has 1 saturated heterocycles. The number of nitrogens with zero attached hydrogens (tertiary/aromatic N) is 2. The first-order valence-electron chi connectivity index (χ1n) is 9.03. The van der Waals surface area contributed by atoms with Crippen LogP contribution in [-0.2, 0) is 17.6 Å². The highest BCUT2D eigenvalue weighted by Gasteiger charge is 2.49. The van der Waals surface area contributed by atoms with E-state index in [1.807, 2.05) is 53.4 Å². The summed E-state index contributed by atoms with van der Waals surface area (Å²) in [7, 11) is 0. The molecule has 0 radical (unpaired) electrons. The van der Waals surface area contributed by atoms with E-state index >= 15 is 0 Å². The van der Waals surface area contributed by atoms with Crippen molar-refractivity contribution in [3.05, 3.63) is 83.3 Å². The van der Waals surface area contributed by atoms with Gasteiger partial charge >= 0.3 is 6.09 Å². The van der Waals surface area contributed by atoms with Crippen molar-refractivity contribution >= 4 is 12.0 Å². The molecule has 2 amide bonds. The highest BCUT2D eigenvalue weighted by atomic mass is 16.4. The smallest absolute Gasteiger partial charge is 0.418 e. The lowest BCUT2D eigenvalue weighted by molar-refractivity contribution is -0.138. The Morgan fingerprint density at radius 1 is 1.04 bits per heavy atom. The monoisotopic (exact) mass is 363 g/mol. The van der Waals surface area contributed by atoms with Crippen LogP contribution in [0.25, 0.3) is 0 Å². The first-order valence-corrected chi connectivity index (χ1v) is 9.03. The lowest BCUT2D eigenvalue weighted by Crippen LogP contribution is -2.66. The van der Waals surface area contributed by atoms with Gasteiger partial charge in [0, 0.05) is 13.0 Å². The third-order valence-electron chi connectivity index (χ3n) is 5.04. The molecule has 6 heteroatoms. The molecule has 2 aromatic carbocycles. The van der Waals surface area contributed by atoms with Crippen LogP contribution in [-0.4, -0.2) is 46.0 Å². The van der Waals surface area contributed by atoms with E-state index in [1.54, 1.807) is 0 Å². The number of fused-ring (bicyclic) bond motifs is 2. The Morgan fingerprint density at radius 2 is 1.67 bits per heavy atom. The maximum Gasteiger partial charge on any atom is 0.418 e. The molecule has 2 aromatic rings. The lowest BCUT2D eigenvalue weighted by Gasteiger charge is -2.51. The number of carboxylic acid groups (broad SMARTS) is 1. The third-order valence-corrected chi connectivity index (χ3v) is 5.04. The first-order chi connectivity index (χ1) is 13.1. The minimum Gasteiger partial charge on any atom is -0.464 e. The standard InChI is InChI=1S/C21H21N3O3/c25-20-17(13-16-9-5-2-6-10-16)23-14-18(24(20)21(26)27)19(23)22-12-11-15-7-3-1-4-8-15/h1-10,17,22H,11-14H2,(H,26,27). The minimum absolute atomic E-state index is 0.374. The second kappa shape index (κ2) is 7.15. The summed E-state index contributed by atoms with van der Waals surface area (Å²) in [5.74, 6) is 0.384. The normalized spacial score (nSPS) is 18.4. The Kier molecular flexibility index (Phi) is 4.54. The molecule has 3 heterocycles. The molecule has 1 fully saturated rings. The Bertz CT molecular complexity index is 880. The molecule has 2 bridgehead atoms. The van der Waals surface area contributed by atoms with Crippen molar-refractivity contribution in [3.63, 3.8) is 0 Å². The van der Waals surface area contributed by atoms with Crippen LogP contribution in [0.15, 0.2) is 72.2 Å². The van der Waals surface area contributed by atoms with Gasteiger partial charge in [-0.05, 0) is 17.5 Å². The van der Waals surface area contributed by atoms with Crippen LogP contribution in [0.1, 0.15) is 11.1 Å². The van der Waals surface area contributed by atoms with E-state index in [1.165, 1.54) is 5.56 Å². The predicted octanol–water partition coefficient (Wildman–Crippen LogP) is 2.43. The topological polar surface area (TPSA) is 72.9 Å². The van der Waals surface area contributed by atoms with Crippen molar-refractivity contribution in [3.8, 4) is 0 Å². The van der Waals surface area contributed by atoms with Crippen LogP contribution in [0.2, 0.25) is 0 Å². The number of carbonyl (C=O) groups is 2. The Labute approximate surface area is 157 Å². The van der Waals surface area contributed by atoms with Crippen LogP contribution in [0.3, 0.4) is 0 Å². The molecule has 0 spiro atoms. The second-order valence-corrected chi connectivity index (χ2v) is 6.75. The molecule has 3 aliphatic heterocycles. The summed E-state index contributed by atoms with van der Waals surface area (Å²) in [5, 5.41) is 12.9. The number of imide groups is 1. The van der Waals surface area contributed by atoms with Gasteiger partial charge in [0.1, 0.15) is 11.9 Å². The molecule has 0 aromatic heterocycles. The SMILES string of the molecule is O=C(O)N1C(=O)C(Cc2ccccc2)N2CC1=C2NCCc1ccccc1. The molecule has 0 saturated carbocycles. The molecular formula is C21H21N3O3. The highest BCUT2D eigenvalue weighted by molar-refractivity contribution is 5.99. The van der Waals surface area contributed by atoms with Crippen LogP contribution in [0, 0.1) is 0 Å². The summed E-state index contributed by atoms with van der Waals surface area (Å²) >= 11 is 0. The summed E-state index contributed by atoms with van der Waals surface area (Å²) in [4.78, 5) is 27.3. The first kappa shape index (κ1) is 17.1. The Hall–Kier alpha value is -3.28.